The van der Waals surface area contributed by atoms with Gasteiger partial charge in [0.1, 0.15) is 23.3 Å². The van der Waals surface area contributed by atoms with Gasteiger partial charge in [-0.25, -0.2) is 9.37 Å². The molecule has 1 unspecified atom stereocenters. The van der Waals surface area contributed by atoms with Gasteiger partial charge >= 0.3 is 5.97 Å². The number of fused-ring (bicyclic) bond motifs is 1. The lowest BCUT2D eigenvalue weighted by Crippen LogP contribution is -2.16. The molecule has 0 saturated carbocycles. The minimum atomic E-state index is -0.806. The van der Waals surface area contributed by atoms with Gasteiger partial charge in [0.25, 0.3) is 0 Å². The summed E-state index contributed by atoms with van der Waals surface area (Å²) in [5.74, 6) is -1.13. The molecule has 1 atom stereocenters. The van der Waals surface area contributed by atoms with Gasteiger partial charge in [0, 0.05) is 17.1 Å². The smallest absolute Gasteiger partial charge is 0.306 e. The van der Waals surface area contributed by atoms with E-state index in [9.17, 15) is 19.6 Å². The van der Waals surface area contributed by atoms with E-state index in [2.05, 4.69) is 16.0 Å². The van der Waals surface area contributed by atoms with Crippen LogP contribution in [0.25, 0.3) is 27.7 Å². The van der Waals surface area contributed by atoms with Gasteiger partial charge in [-0.2, -0.15) is 5.26 Å². The molecule has 0 radical (unpaired) electrons. The zero-order chi connectivity index (χ0) is 20.5. The van der Waals surface area contributed by atoms with E-state index in [4.69, 9.17) is 4.74 Å². The fourth-order valence-corrected chi connectivity index (χ4v) is 3.87. The van der Waals surface area contributed by atoms with Crippen LogP contribution in [0.2, 0.25) is 0 Å². The number of halogens is 1. The standard InChI is InChI=1S/C22H18FN3O3/c1-29-18-7-6-14(23)10-16(18)15-8-9-25-21-19(15)17(11-24)20(26-21)12-2-4-13(5-3-12)22(27)28/h2,6-10,13H,3-5H2,1H3,(H,25,26)(H,27,28). The fourth-order valence-electron chi connectivity index (χ4n) is 3.87. The highest BCUT2D eigenvalue weighted by Crippen LogP contribution is 2.40. The Balaban J connectivity index is 1.90. The SMILES string of the molecule is COc1ccc(F)cc1-c1ccnc2[nH]c(C3=CCC(C(=O)O)CC3)c(C#N)c12. The third kappa shape index (κ3) is 3.23. The molecule has 146 valence electrons. The molecule has 7 heteroatoms. The highest BCUT2D eigenvalue weighted by Gasteiger charge is 2.25. The Kier molecular flexibility index (Phi) is 4.77. The number of methoxy groups -OCH3 is 1. The predicted molar refractivity (Wildman–Crippen MR) is 106 cm³/mol. The van der Waals surface area contributed by atoms with Gasteiger partial charge in [-0.15, -0.1) is 0 Å². The van der Waals surface area contributed by atoms with Gasteiger partial charge in [0.2, 0.25) is 0 Å². The molecule has 2 aromatic heterocycles. The Morgan fingerprint density at radius 2 is 2.21 bits per heavy atom. The average molecular weight is 391 g/mol. The monoisotopic (exact) mass is 391 g/mol. The molecule has 0 saturated heterocycles. The summed E-state index contributed by atoms with van der Waals surface area (Å²) in [4.78, 5) is 18.8. The number of aliphatic carboxylic acids is 1. The lowest BCUT2D eigenvalue weighted by atomic mass is 9.87. The van der Waals surface area contributed by atoms with Crippen LogP contribution in [0, 0.1) is 23.1 Å². The number of nitrogens with zero attached hydrogens (tertiary/aromatic N) is 2. The second kappa shape index (κ2) is 7.40. The summed E-state index contributed by atoms with van der Waals surface area (Å²) in [5.41, 5.74) is 3.64. The Labute approximate surface area is 166 Å². The van der Waals surface area contributed by atoms with E-state index < -0.39 is 17.7 Å². The first-order chi connectivity index (χ1) is 14.0. The van der Waals surface area contributed by atoms with Gasteiger partial charge in [-0.1, -0.05) is 6.08 Å². The minimum Gasteiger partial charge on any atom is -0.496 e. The molecule has 2 N–H and O–H groups in total. The lowest BCUT2D eigenvalue weighted by Gasteiger charge is -2.18. The topological polar surface area (TPSA) is 99.0 Å². The Morgan fingerprint density at radius 1 is 1.38 bits per heavy atom. The van der Waals surface area contributed by atoms with Crippen LogP contribution >= 0.6 is 0 Å². The molecule has 29 heavy (non-hydrogen) atoms. The number of ether oxygens (including phenoxy) is 1. The second-order valence-corrected chi connectivity index (χ2v) is 6.95. The number of carboxylic acid groups (broad SMARTS) is 1. The highest BCUT2D eigenvalue weighted by molar-refractivity contribution is 6.01. The predicted octanol–water partition coefficient (Wildman–Crippen LogP) is 4.52. The number of hydrogen-bond donors (Lipinski definition) is 2. The molecule has 0 amide bonds. The van der Waals surface area contributed by atoms with Gasteiger partial charge in [-0.05, 0) is 54.7 Å². The van der Waals surface area contributed by atoms with Crippen molar-refractivity contribution in [2.45, 2.75) is 19.3 Å². The summed E-state index contributed by atoms with van der Waals surface area (Å²) in [5, 5.41) is 19.7. The summed E-state index contributed by atoms with van der Waals surface area (Å²) < 4.78 is 19.3. The number of hydrogen-bond acceptors (Lipinski definition) is 4. The lowest BCUT2D eigenvalue weighted by molar-refractivity contribution is -0.141. The first-order valence-corrected chi connectivity index (χ1v) is 9.20. The molecule has 1 aliphatic rings. The molecule has 0 bridgehead atoms. The van der Waals surface area contributed by atoms with Crippen LogP contribution in [-0.2, 0) is 4.79 Å². The number of allylic oxidation sites excluding steroid dienone is 2. The van der Waals surface area contributed by atoms with Crippen LogP contribution in [0.3, 0.4) is 0 Å². The van der Waals surface area contributed by atoms with Crippen molar-refractivity contribution in [2.75, 3.05) is 7.11 Å². The molecule has 2 heterocycles. The van der Waals surface area contributed by atoms with Crippen molar-refractivity contribution >= 4 is 22.6 Å². The Hall–Kier alpha value is -3.66. The number of aromatic nitrogens is 2. The summed E-state index contributed by atoms with van der Waals surface area (Å²) >= 11 is 0. The van der Waals surface area contributed by atoms with E-state index in [0.29, 0.717) is 58.4 Å². The summed E-state index contributed by atoms with van der Waals surface area (Å²) in [7, 11) is 1.51. The summed E-state index contributed by atoms with van der Waals surface area (Å²) in [6.07, 6.45) is 4.95. The zero-order valence-electron chi connectivity index (χ0n) is 15.7. The van der Waals surface area contributed by atoms with Crippen LogP contribution in [0.5, 0.6) is 5.75 Å². The van der Waals surface area contributed by atoms with E-state index >= 15 is 0 Å². The normalized spacial score (nSPS) is 16.3. The Bertz CT molecular complexity index is 1190. The van der Waals surface area contributed by atoms with E-state index in [1.54, 1.807) is 18.3 Å². The number of aromatic amines is 1. The summed E-state index contributed by atoms with van der Waals surface area (Å²) in [6, 6.07) is 8.22. The van der Waals surface area contributed by atoms with Crippen molar-refractivity contribution in [3.63, 3.8) is 0 Å². The van der Waals surface area contributed by atoms with Crippen LogP contribution in [-0.4, -0.2) is 28.2 Å². The van der Waals surface area contributed by atoms with Crippen molar-refractivity contribution in [3.05, 3.63) is 53.6 Å². The number of nitriles is 1. The quantitative estimate of drug-likeness (QED) is 0.681. The minimum absolute atomic E-state index is 0.404. The maximum Gasteiger partial charge on any atom is 0.306 e. The van der Waals surface area contributed by atoms with E-state index in [-0.39, 0.29) is 0 Å². The molecule has 6 nitrogen and oxygen atoms in total. The molecule has 0 aliphatic heterocycles. The van der Waals surface area contributed by atoms with Gasteiger partial charge < -0.3 is 14.8 Å². The van der Waals surface area contributed by atoms with Crippen molar-refractivity contribution in [1.82, 2.24) is 9.97 Å². The number of benzene rings is 1. The van der Waals surface area contributed by atoms with Crippen molar-refractivity contribution in [2.24, 2.45) is 5.92 Å². The maximum absolute atomic E-state index is 13.9. The van der Waals surface area contributed by atoms with E-state index in [0.717, 1.165) is 5.57 Å². The largest absolute Gasteiger partial charge is 0.496 e. The van der Waals surface area contributed by atoms with E-state index in [1.165, 1.54) is 19.2 Å². The molecule has 1 aliphatic carbocycles. The number of carbonyl (C=O) groups is 1. The van der Waals surface area contributed by atoms with Crippen molar-refractivity contribution in [1.29, 1.82) is 5.26 Å². The van der Waals surface area contributed by atoms with Gasteiger partial charge in [0.15, 0.2) is 0 Å². The van der Waals surface area contributed by atoms with Crippen molar-refractivity contribution in [3.8, 4) is 22.9 Å². The molecular weight excluding hydrogens is 373 g/mol. The van der Waals surface area contributed by atoms with Crippen LogP contribution in [0.15, 0.2) is 36.5 Å². The van der Waals surface area contributed by atoms with Crippen LogP contribution in [0.1, 0.15) is 30.5 Å². The third-order valence-electron chi connectivity index (χ3n) is 5.34. The van der Waals surface area contributed by atoms with Gasteiger partial charge in [-0.3, -0.25) is 4.79 Å². The first-order valence-electron chi connectivity index (χ1n) is 9.20. The number of pyridine rings is 1. The van der Waals surface area contributed by atoms with Gasteiger partial charge in [0.05, 0.1) is 24.3 Å². The fraction of sp³-hybridized carbons (Fsp3) is 0.227. The second-order valence-electron chi connectivity index (χ2n) is 6.95. The molecule has 1 aromatic carbocycles. The molecular formula is C22H18FN3O3. The van der Waals surface area contributed by atoms with E-state index in [1.807, 2.05) is 6.08 Å². The van der Waals surface area contributed by atoms with Crippen molar-refractivity contribution < 1.29 is 19.0 Å². The number of rotatable bonds is 4. The summed E-state index contributed by atoms with van der Waals surface area (Å²) in [6.45, 7) is 0. The Morgan fingerprint density at radius 3 is 2.86 bits per heavy atom. The number of carboxylic acids is 1. The molecule has 3 aromatic rings. The zero-order valence-corrected chi connectivity index (χ0v) is 15.7. The van der Waals surface area contributed by atoms with Crippen LogP contribution in [0.4, 0.5) is 4.39 Å². The number of H-pyrrole nitrogens is 1. The molecule has 4 rings (SSSR count). The third-order valence-corrected chi connectivity index (χ3v) is 5.34. The highest BCUT2D eigenvalue weighted by atomic mass is 19.1. The molecule has 0 fully saturated rings. The molecule has 0 spiro atoms. The van der Waals surface area contributed by atoms with Crippen LogP contribution < -0.4 is 4.74 Å². The number of nitrogens with one attached hydrogen (secondary N) is 1. The average Bonchev–Trinajstić information content (AvgIpc) is 3.12. The first kappa shape index (κ1) is 18.7. The maximum atomic E-state index is 13.9.